The zero-order valence-corrected chi connectivity index (χ0v) is 13.2. The lowest BCUT2D eigenvalue weighted by Gasteiger charge is -2.30. The minimum absolute atomic E-state index is 0.193. The number of rotatable bonds is 5. The first-order valence-electron chi connectivity index (χ1n) is 6.33. The molecule has 1 aliphatic heterocycles. The van der Waals surface area contributed by atoms with E-state index in [2.05, 4.69) is 0 Å². The Morgan fingerprint density at radius 1 is 1.47 bits per heavy atom. The van der Waals surface area contributed by atoms with Crippen LogP contribution in [0.5, 0.6) is 0 Å². The van der Waals surface area contributed by atoms with Crippen molar-refractivity contribution in [1.29, 1.82) is 0 Å². The molecule has 2 heterocycles. The lowest BCUT2D eigenvalue weighted by atomic mass is 10.1. The Bertz CT molecular complexity index is 507. The van der Waals surface area contributed by atoms with Gasteiger partial charge in [-0.25, -0.2) is 8.42 Å². The van der Waals surface area contributed by atoms with Crippen LogP contribution in [0.25, 0.3) is 0 Å². The van der Waals surface area contributed by atoms with E-state index in [1.807, 2.05) is 6.92 Å². The monoisotopic (exact) mass is 323 g/mol. The number of nitrogens with zero attached hydrogens (tertiary/aromatic N) is 1. The van der Waals surface area contributed by atoms with Gasteiger partial charge < -0.3 is 4.74 Å². The SMILES string of the molecule is CCOC1CCN(S(=O)(=O)c2cc(CCl)cs2)CC1. The molecule has 7 heteroatoms. The number of alkyl halides is 1. The number of halogens is 1. The average Bonchev–Trinajstić information content (AvgIpc) is 2.89. The highest BCUT2D eigenvalue weighted by Crippen LogP contribution is 2.27. The van der Waals surface area contributed by atoms with Crippen molar-refractivity contribution >= 4 is 33.0 Å². The third-order valence-electron chi connectivity index (χ3n) is 3.18. The molecule has 1 saturated heterocycles. The van der Waals surface area contributed by atoms with Gasteiger partial charge in [-0.05, 0) is 36.8 Å². The van der Waals surface area contributed by atoms with Crippen LogP contribution in [0, 0.1) is 0 Å². The Labute approximate surface area is 123 Å². The van der Waals surface area contributed by atoms with Crippen molar-refractivity contribution in [2.45, 2.75) is 36.0 Å². The number of hydrogen-bond donors (Lipinski definition) is 0. The summed E-state index contributed by atoms with van der Waals surface area (Å²) in [6, 6.07) is 1.67. The number of piperidine rings is 1. The third-order valence-corrected chi connectivity index (χ3v) is 6.85. The summed E-state index contributed by atoms with van der Waals surface area (Å²) in [7, 11) is -3.35. The van der Waals surface area contributed by atoms with E-state index in [0.29, 0.717) is 29.8 Å². The first-order valence-corrected chi connectivity index (χ1v) is 9.18. The van der Waals surface area contributed by atoms with Crippen molar-refractivity contribution < 1.29 is 13.2 Å². The van der Waals surface area contributed by atoms with Gasteiger partial charge in [0.1, 0.15) is 4.21 Å². The average molecular weight is 324 g/mol. The largest absolute Gasteiger partial charge is 0.378 e. The molecular formula is C12H18ClNO3S2. The Morgan fingerprint density at radius 3 is 2.68 bits per heavy atom. The molecule has 1 fully saturated rings. The van der Waals surface area contributed by atoms with Gasteiger partial charge >= 0.3 is 0 Å². The highest BCUT2D eigenvalue weighted by atomic mass is 35.5. The minimum Gasteiger partial charge on any atom is -0.378 e. The Kier molecular flexibility index (Phi) is 5.25. The van der Waals surface area contributed by atoms with Crippen LogP contribution in [0.4, 0.5) is 0 Å². The zero-order chi connectivity index (χ0) is 13.9. The molecule has 0 saturated carbocycles. The molecule has 0 spiro atoms. The Hall–Kier alpha value is -0.140. The molecule has 19 heavy (non-hydrogen) atoms. The molecule has 0 amide bonds. The molecule has 1 aliphatic rings. The summed E-state index contributed by atoms with van der Waals surface area (Å²) < 4.78 is 32.3. The van der Waals surface area contributed by atoms with E-state index in [1.165, 1.54) is 11.3 Å². The second kappa shape index (κ2) is 6.54. The molecule has 0 N–H and O–H groups in total. The van der Waals surface area contributed by atoms with E-state index < -0.39 is 10.0 Å². The number of hydrogen-bond acceptors (Lipinski definition) is 4. The van der Waals surface area contributed by atoms with Crippen LogP contribution >= 0.6 is 22.9 Å². The summed E-state index contributed by atoms with van der Waals surface area (Å²) in [6.07, 6.45) is 1.72. The molecule has 1 aromatic heterocycles. The maximum Gasteiger partial charge on any atom is 0.252 e. The van der Waals surface area contributed by atoms with E-state index in [0.717, 1.165) is 18.4 Å². The lowest BCUT2D eigenvalue weighted by Crippen LogP contribution is -2.40. The smallest absolute Gasteiger partial charge is 0.252 e. The number of ether oxygens (including phenoxy) is 1. The van der Waals surface area contributed by atoms with Crippen LogP contribution in [-0.4, -0.2) is 38.5 Å². The van der Waals surface area contributed by atoms with Crippen LogP contribution < -0.4 is 0 Å². The van der Waals surface area contributed by atoms with Crippen LogP contribution in [-0.2, 0) is 20.6 Å². The van der Waals surface area contributed by atoms with E-state index in [1.54, 1.807) is 15.8 Å². The second-order valence-corrected chi connectivity index (χ2v) is 7.81. The fourth-order valence-electron chi connectivity index (χ4n) is 2.16. The summed E-state index contributed by atoms with van der Waals surface area (Å²) in [5.41, 5.74) is 0.856. The Morgan fingerprint density at radius 2 is 2.16 bits per heavy atom. The van der Waals surface area contributed by atoms with Crippen molar-refractivity contribution in [2.75, 3.05) is 19.7 Å². The minimum atomic E-state index is -3.35. The summed E-state index contributed by atoms with van der Waals surface area (Å²) in [6.45, 7) is 3.70. The molecule has 2 rings (SSSR count). The van der Waals surface area contributed by atoms with E-state index in [9.17, 15) is 8.42 Å². The van der Waals surface area contributed by atoms with Crippen LogP contribution in [0.15, 0.2) is 15.7 Å². The van der Waals surface area contributed by atoms with Gasteiger partial charge in [0.2, 0.25) is 0 Å². The van der Waals surface area contributed by atoms with E-state index in [-0.39, 0.29) is 6.10 Å². The van der Waals surface area contributed by atoms with Gasteiger partial charge in [-0.2, -0.15) is 4.31 Å². The van der Waals surface area contributed by atoms with Gasteiger partial charge in [-0.15, -0.1) is 22.9 Å². The normalized spacial score (nSPS) is 18.8. The van der Waals surface area contributed by atoms with Gasteiger partial charge in [0.05, 0.1) is 6.10 Å². The quantitative estimate of drug-likeness (QED) is 0.783. The van der Waals surface area contributed by atoms with Gasteiger partial charge in [-0.1, -0.05) is 0 Å². The van der Waals surface area contributed by atoms with Gasteiger partial charge in [-0.3, -0.25) is 0 Å². The van der Waals surface area contributed by atoms with Crippen molar-refractivity contribution in [3.05, 3.63) is 17.0 Å². The molecule has 1 aromatic rings. The lowest BCUT2D eigenvalue weighted by molar-refractivity contribution is 0.0290. The topological polar surface area (TPSA) is 46.6 Å². The highest BCUT2D eigenvalue weighted by molar-refractivity contribution is 7.91. The van der Waals surface area contributed by atoms with Crippen molar-refractivity contribution in [2.24, 2.45) is 0 Å². The summed E-state index contributed by atoms with van der Waals surface area (Å²) in [4.78, 5) is 0. The molecule has 0 aliphatic carbocycles. The van der Waals surface area contributed by atoms with E-state index in [4.69, 9.17) is 16.3 Å². The van der Waals surface area contributed by atoms with Crippen LogP contribution in [0.3, 0.4) is 0 Å². The molecule has 0 aromatic carbocycles. The molecule has 108 valence electrons. The second-order valence-electron chi connectivity index (χ2n) is 4.47. The summed E-state index contributed by atoms with van der Waals surface area (Å²) in [5.74, 6) is 0.346. The Balaban J connectivity index is 2.05. The maximum absolute atomic E-state index is 12.4. The number of sulfonamides is 1. The van der Waals surface area contributed by atoms with Crippen molar-refractivity contribution in [3.8, 4) is 0 Å². The molecular weight excluding hydrogens is 306 g/mol. The third kappa shape index (κ3) is 3.49. The highest BCUT2D eigenvalue weighted by Gasteiger charge is 2.30. The van der Waals surface area contributed by atoms with Crippen LogP contribution in [0.1, 0.15) is 25.3 Å². The van der Waals surface area contributed by atoms with Gasteiger partial charge in [0.25, 0.3) is 10.0 Å². The first kappa shape index (κ1) is 15.3. The predicted molar refractivity (Wildman–Crippen MR) is 77.3 cm³/mol. The maximum atomic E-state index is 12.4. The zero-order valence-electron chi connectivity index (χ0n) is 10.8. The number of thiophene rings is 1. The molecule has 0 atom stereocenters. The molecule has 0 radical (unpaired) electrons. The van der Waals surface area contributed by atoms with E-state index >= 15 is 0 Å². The standard InChI is InChI=1S/C12H18ClNO3S2/c1-2-17-11-3-5-14(6-4-11)19(15,16)12-7-10(8-13)9-18-12/h7,9,11H,2-6,8H2,1H3. The predicted octanol–water partition coefficient (Wildman–Crippen LogP) is 2.68. The van der Waals surface area contributed by atoms with Crippen molar-refractivity contribution in [1.82, 2.24) is 4.31 Å². The first-order chi connectivity index (χ1) is 9.07. The molecule has 0 unspecified atom stereocenters. The summed E-state index contributed by atoms with van der Waals surface area (Å²) in [5, 5.41) is 1.80. The van der Waals surface area contributed by atoms with Gasteiger partial charge in [0.15, 0.2) is 0 Å². The fourth-order valence-corrected chi connectivity index (χ4v) is 5.24. The van der Waals surface area contributed by atoms with Crippen LogP contribution in [0.2, 0.25) is 0 Å². The van der Waals surface area contributed by atoms with Gasteiger partial charge in [0, 0.05) is 25.6 Å². The van der Waals surface area contributed by atoms with Crippen molar-refractivity contribution in [3.63, 3.8) is 0 Å². The molecule has 0 bridgehead atoms. The molecule has 4 nitrogen and oxygen atoms in total. The summed E-state index contributed by atoms with van der Waals surface area (Å²) >= 11 is 6.95. The fraction of sp³-hybridized carbons (Fsp3) is 0.667.